The highest BCUT2D eigenvalue weighted by Crippen LogP contribution is 2.30. The Morgan fingerprint density at radius 1 is 1.15 bits per heavy atom. The summed E-state index contributed by atoms with van der Waals surface area (Å²) < 4.78 is 11.2. The van der Waals surface area contributed by atoms with Gasteiger partial charge in [-0.1, -0.05) is 17.7 Å². The van der Waals surface area contributed by atoms with Crippen LogP contribution in [0.1, 0.15) is 39.2 Å². The van der Waals surface area contributed by atoms with Crippen LogP contribution in [0.5, 0.6) is 11.5 Å². The summed E-state index contributed by atoms with van der Waals surface area (Å²) in [5, 5.41) is 14.2. The van der Waals surface area contributed by atoms with E-state index in [1.165, 1.54) is 0 Å². The molecule has 1 aliphatic rings. The third-order valence-electron chi connectivity index (χ3n) is 4.71. The fourth-order valence-corrected chi connectivity index (χ4v) is 3.31. The van der Waals surface area contributed by atoms with Gasteiger partial charge in [-0.05, 0) is 57.7 Å². The average molecular weight is 374 g/mol. The predicted octanol–water partition coefficient (Wildman–Crippen LogP) is 1.87. The van der Waals surface area contributed by atoms with E-state index < -0.39 is 17.8 Å². The van der Waals surface area contributed by atoms with Gasteiger partial charge in [-0.25, -0.2) is 0 Å². The normalized spacial score (nSPS) is 19.1. The van der Waals surface area contributed by atoms with Crippen LogP contribution >= 0.6 is 0 Å². The first-order chi connectivity index (χ1) is 13.0. The van der Waals surface area contributed by atoms with Gasteiger partial charge in [0, 0.05) is 24.3 Å². The van der Waals surface area contributed by atoms with E-state index in [1.54, 1.807) is 0 Å². The fourth-order valence-electron chi connectivity index (χ4n) is 3.31. The minimum absolute atomic E-state index is 0.229. The van der Waals surface area contributed by atoms with Crippen LogP contribution in [0.2, 0.25) is 0 Å². The number of amides is 1. The Morgan fingerprint density at radius 3 is 2.52 bits per heavy atom. The standard InChI is InChI=1S/C21H29NO5/c1-4-26-18-9-7-15(13-19(18)27-5-2)10-11-22-20(23)17-12-14(3)6-8-16(17)21(24)25/h6-7,9,13,16-17H,4-5,8,10-12H2,1-3H3,(H,22,23)(H,24,25)/p-1. The smallest absolute Gasteiger partial charge is 0.224 e. The summed E-state index contributed by atoms with van der Waals surface area (Å²) >= 11 is 0. The van der Waals surface area contributed by atoms with Crippen molar-refractivity contribution in [1.29, 1.82) is 0 Å². The molecule has 1 amide bonds. The largest absolute Gasteiger partial charge is 0.550 e. The summed E-state index contributed by atoms with van der Waals surface area (Å²) in [6.07, 6.45) is 3.31. The quantitative estimate of drug-likeness (QED) is 0.667. The van der Waals surface area contributed by atoms with Crippen molar-refractivity contribution in [2.45, 2.75) is 40.0 Å². The number of nitrogens with one attached hydrogen (secondary N) is 1. The van der Waals surface area contributed by atoms with Crippen LogP contribution in [0, 0.1) is 11.8 Å². The zero-order valence-electron chi connectivity index (χ0n) is 16.2. The van der Waals surface area contributed by atoms with Crippen LogP contribution in [-0.4, -0.2) is 31.6 Å². The first-order valence-corrected chi connectivity index (χ1v) is 9.48. The van der Waals surface area contributed by atoms with E-state index in [2.05, 4.69) is 5.32 Å². The van der Waals surface area contributed by atoms with E-state index in [-0.39, 0.29) is 5.91 Å². The van der Waals surface area contributed by atoms with Gasteiger partial charge in [-0.15, -0.1) is 0 Å². The molecule has 2 rings (SSSR count). The van der Waals surface area contributed by atoms with E-state index in [4.69, 9.17) is 9.47 Å². The number of hydrogen-bond donors (Lipinski definition) is 1. The van der Waals surface area contributed by atoms with Crippen molar-refractivity contribution in [3.05, 3.63) is 35.4 Å². The molecule has 1 aromatic carbocycles. The summed E-state index contributed by atoms with van der Waals surface area (Å²) in [6, 6.07) is 5.72. The van der Waals surface area contributed by atoms with Crippen LogP contribution in [0.4, 0.5) is 0 Å². The minimum Gasteiger partial charge on any atom is -0.550 e. The number of carbonyl (C=O) groups excluding carboxylic acids is 2. The number of ether oxygens (including phenoxy) is 2. The van der Waals surface area contributed by atoms with Gasteiger partial charge in [0.15, 0.2) is 11.5 Å². The first kappa shape index (κ1) is 20.8. The van der Waals surface area contributed by atoms with E-state index >= 15 is 0 Å². The van der Waals surface area contributed by atoms with E-state index in [0.717, 1.165) is 11.1 Å². The zero-order valence-corrected chi connectivity index (χ0v) is 16.2. The molecule has 0 heterocycles. The molecule has 1 N–H and O–H groups in total. The highest BCUT2D eigenvalue weighted by atomic mass is 16.5. The second kappa shape index (κ2) is 10.00. The summed E-state index contributed by atoms with van der Waals surface area (Å²) in [6.45, 7) is 7.28. The third kappa shape index (κ3) is 5.74. The van der Waals surface area contributed by atoms with Crippen molar-refractivity contribution in [1.82, 2.24) is 5.32 Å². The molecule has 6 nitrogen and oxygen atoms in total. The molecule has 27 heavy (non-hydrogen) atoms. The summed E-state index contributed by atoms with van der Waals surface area (Å²) in [7, 11) is 0. The lowest BCUT2D eigenvalue weighted by atomic mass is 9.79. The van der Waals surface area contributed by atoms with Gasteiger partial charge in [0.25, 0.3) is 0 Å². The van der Waals surface area contributed by atoms with Gasteiger partial charge < -0.3 is 24.7 Å². The molecule has 1 aromatic rings. The number of carboxylic acids is 1. The lowest BCUT2D eigenvalue weighted by Gasteiger charge is -2.30. The molecule has 0 saturated heterocycles. The molecule has 0 saturated carbocycles. The molecule has 0 spiro atoms. The van der Waals surface area contributed by atoms with Crippen molar-refractivity contribution >= 4 is 11.9 Å². The molecule has 6 heteroatoms. The fraction of sp³-hybridized carbons (Fsp3) is 0.524. The van der Waals surface area contributed by atoms with Gasteiger partial charge in [0.05, 0.1) is 13.2 Å². The number of hydrogen-bond acceptors (Lipinski definition) is 5. The number of carboxylic acid groups (broad SMARTS) is 1. The number of aliphatic carboxylic acids is 1. The number of carbonyl (C=O) groups is 2. The Hall–Kier alpha value is -2.50. The number of rotatable bonds is 9. The highest BCUT2D eigenvalue weighted by Gasteiger charge is 2.31. The Kier molecular flexibility index (Phi) is 7.70. The van der Waals surface area contributed by atoms with E-state index in [0.29, 0.717) is 50.5 Å². The first-order valence-electron chi connectivity index (χ1n) is 9.48. The van der Waals surface area contributed by atoms with Crippen molar-refractivity contribution in [2.75, 3.05) is 19.8 Å². The zero-order chi connectivity index (χ0) is 19.8. The van der Waals surface area contributed by atoms with E-state index in [9.17, 15) is 14.7 Å². The number of benzene rings is 1. The Labute approximate surface area is 160 Å². The Balaban J connectivity index is 1.95. The molecule has 0 aromatic heterocycles. The Morgan fingerprint density at radius 2 is 1.85 bits per heavy atom. The molecular formula is C21H28NO5-. The van der Waals surface area contributed by atoms with Gasteiger partial charge in [0.2, 0.25) is 5.91 Å². The molecule has 2 unspecified atom stereocenters. The maximum absolute atomic E-state index is 12.5. The van der Waals surface area contributed by atoms with Gasteiger partial charge >= 0.3 is 0 Å². The average Bonchev–Trinajstić information content (AvgIpc) is 2.63. The topological polar surface area (TPSA) is 87.7 Å². The monoisotopic (exact) mass is 374 g/mol. The van der Waals surface area contributed by atoms with Crippen LogP contribution < -0.4 is 19.9 Å². The maximum Gasteiger partial charge on any atom is 0.224 e. The lowest BCUT2D eigenvalue weighted by Crippen LogP contribution is -2.44. The molecule has 1 aliphatic carbocycles. The maximum atomic E-state index is 12.5. The van der Waals surface area contributed by atoms with Crippen molar-refractivity contribution in [3.63, 3.8) is 0 Å². The summed E-state index contributed by atoms with van der Waals surface area (Å²) in [5.74, 6) is -1.33. The molecule has 148 valence electrons. The number of allylic oxidation sites excluding steroid dienone is 2. The van der Waals surface area contributed by atoms with Crippen molar-refractivity contribution in [3.8, 4) is 11.5 Å². The third-order valence-corrected chi connectivity index (χ3v) is 4.71. The van der Waals surface area contributed by atoms with Crippen LogP contribution in [-0.2, 0) is 16.0 Å². The van der Waals surface area contributed by atoms with Gasteiger partial charge in [-0.3, -0.25) is 4.79 Å². The van der Waals surface area contributed by atoms with Crippen LogP contribution in [0.25, 0.3) is 0 Å². The summed E-state index contributed by atoms with van der Waals surface area (Å²) in [4.78, 5) is 23.8. The molecule has 2 atom stereocenters. The second-order valence-electron chi connectivity index (χ2n) is 6.71. The second-order valence-corrected chi connectivity index (χ2v) is 6.71. The van der Waals surface area contributed by atoms with Crippen LogP contribution in [0.3, 0.4) is 0 Å². The Bertz CT molecular complexity index is 698. The predicted molar refractivity (Wildman–Crippen MR) is 100 cm³/mol. The van der Waals surface area contributed by atoms with Crippen molar-refractivity contribution in [2.24, 2.45) is 11.8 Å². The lowest BCUT2D eigenvalue weighted by molar-refractivity contribution is -0.313. The minimum atomic E-state index is -1.16. The molecule has 0 bridgehead atoms. The molecule has 0 aliphatic heterocycles. The molecule has 0 fully saturated rings. The van der Waals surface area contributed by atoms with E-state index in [1.807, 2.05) is 45.0 Å². The summed E-state index contributed by atoms with van der Waals surface area (Å²) in [5.41, 5.74) is 2.05. The molecule has 0 radical (unpaired) electrons. The molecular weight excluding hydrogens is 346 g/mol. The van der Waals surface area contributed by atoms with Crippen molar-refractivity contribution < 1.29 is 24.2 Å². The highest BCUT2D eigenvalue weighted by molar-refractivity contribution is 5.84. The van der Waals surface area contributed by atoms with Crippen LogP contribution in [0.15, 0.2) is 29.8 Å². The SMILES string of the molecule is CCOc1ccc(CCNC(=O)C2CC(C)=CCC2C(=O)[O-])cc1OCC. The van der Waals surface area contributed by atoms with Gasteiger partial charge in [-0.2, -0.15) is 0 Å². The van der Waals surface area contributed by atoms with Gasteiger partial charge in [0.1, 0.15) is 0 Å².